The minimum Gasteiger partial charge on any atom is -0.465 e. The van der Waals surface area contributed by atoms with Crippen LogP contribution in [0, 0.1) is 5.92 Å². The highest BCUT2D eigenvalue weighted by Gasteiger charge is 2.16. The third-order valence-electron chi connectivity index (χ3n) is 2.95. The molecule has 1 atom stereocenters. The number of hydrogen-bond acceptors (Lipinski definition) is 4. The van der Waals surface area contributed by atoms with Gasteiger partial charge >= 0.3 is 5.97 Å². The van der Waals surface area contributed by atoms with Crippen molar-refractivity contribution in [2.75, 3.05) is 26.2 Å². The van der Waals surface area contributed by atoms with Crippen LogP contribution in [0.4, 0.5) is 0 Å². The van der Waals surface area contributed by atoms with E-state index in [0.29, 0.717) is 19.1 Å². The average Bonchev–Trinajstić information content (AvgIpc) is 2.28. The molecule has 0 radical (unpaired) electrons. The van der Waals surface area contributed by atoms with Gasteiger partial charge < -0.3 is 10.1 Å². The number of hydrogen-bond donors (Lipinski definition) is 1. The Bertz CT molecular complexity index is 280. The minimum atomic E-state index is -0.277. The van der Waals surface area contributed by atoms with Gasteiger partial charge in [0, 0.05) is 6.04 Å². The summed E-state index contributed by atoms with van der Waals surface area (Å²) in [7, 11) is 0. The Hall–Kier alpha value is -1.10. The molecule has 0 fully saturated rings. The Kier molecular flexibility index (Phi) is 9.21. The first kappa shape index (κ1) is 17.9. The van der Waals surface area contributed by atoms with Crippen LogP contribution in [0.25, 0.3) is 0 Å². The minimum absolute atomic E-state index is 0.0426. The maximum absolute atomic E-state index is 11.9. The highest BCUT2D eigenvalue weighted by Crippen LogP contribution is 2.00. The molecule has 112 valence electrons. The maximum Gasteiger partial charge on any atom is 0.320 e. The Labute approximate surface area is 116 Å². The molecule has 5 nitrogen and oxygen atoms in total. The van der Waals surface area contributed by atoms with Gasteiger partial charge in [-0.2, -0.15) is 0 Å². The summed E-state index contributed by atoms with van der Waals surface area (Å²) in [5.41, 5.74) is 0. The number of rotatable bonds is 9. The smallest absolute Gasteiger partial charge is 0.320 e. The van der Waals surface area contributed by atoms with E-state index in [2.05, 4.69) is 19.2 Å². The number of carbonyl (C=O) groups excluding carboxylic acids is 2. The van der Waals surface area contributed by atoms with Crippen LogP contribution in [0.2, 0.25) is 0 Å². The molecule has 0 heterocycles. The summed E-state index contributed by atoms with van der Waals surface area (Å²) in [5, 5.41) is 2.94. The van der Waals surface area contributed by atoms with Gasteiger partial charge in [-0.05, 0) is 32.7 Å². The molecule has 0 aliphatic heterocycles. The molecule has 0 spiro atoms. The second kappa shape index (κ2) is 9.78. The van der Waals surface area contributed by atoms with Crippen molar-refractivity contribution < 1.29 is 14.3 Å². The molecule has 0 aliphatic rings. The van der Waals surface area contributed by atoms with Crippen molar-refractivity contribution in [3.05, 3.63) is 0 Å². The number of esters is 1. The van der Waals surface area contributed by atoms with Gasteiger partial charge in [-0.3, -0.25) is 14.5 Å². The van der Waals surface area contributed by atoms with Crippen LogP contribution in [0.1, 0.15) is 41.0 Å². The number of carbonyl (C=O) groups is 2. The van der Waals surface area contributed by atoms with E-state index in [1.165, 1.54) is 0 Å². The molecule has 0 bridgehead atoms. The van der Waals surface area contributed by atoms with Crippen molar-refractivity contribution in [1.29, 1.82) is 0 Å². The van der Waals surface area contributed by atoms with Gasteiger partial charge in [-0.15, -0.1) is 0 Å². The summed E-state index contributed by atoms with van der Waals surface area (Å²) >= 11 is 0. The van der Waals surface area contributed by atoms with E-state index in [0.717, 1.165) is 6.42 Å². The van der Waals surface area contributed by atoms with Crippen LogP contribution in [-0.4, -0.2) is 49.1 Å². The van der Waals surface area contributed by atoms with Gasteiger partial charge in [-0.25, -0.2) is 0 Å². The van der Waals surface area contributed by atoms with Crippen LogP contribution in [0.15, 0.2) is 0 Å². The van der Waals surface area contributed by atoms with Crippen LogP contribution < -0.4 is 5.32 Å². The van der Waals surface area contributed by atoms with E-state index in [1.807, 2.05) is 18.7 Å². The standard InChI is InChI=1S/C14H28N2O3/c1-6-8-16(10-14(18)19-7-2)9-13(17)15-12(5)11(3)4/h11-12H,6-10H2,1-5H3,(H,15,17). The quantitative estimate of drug-likeness (QED) is 0.645. The molecule has 0 aromatic carbocycles. The fourth-order valence-corrected chi connectivity index (χ4v) is 1.59. The second-order valence-corrected chi connectivity index (χ2v) is 5.12. The van der Waals surface area contributed by atoms with E-state index in [1.54, 1.807) is 6.92 Å². The van der Waals surface area contributed by atoms with Gasteiger partial charge in [0.15, 0.2) is 0 Å². The van der Waals surface area contributed by atoms with E-state index < -0.39 is 0 Å². The van der Waals surface area contributed by atoms with Gasteiger partial charge in [0.2, 0.25) is 5.91 Å². The molecule has 1 amide bonds. The lowest BCUT2D eigenvalue weighted by atomic mass is 10.1. The molecule has 0 aromatic rings. The lowest BCUT2D eigenvalue weighted by Gasteiger charge is -2.23. The molecule has 0 aromatic heterocycles. The Morgan fingerprint density at radius 3 is 2.26 bits per heavy atom. The van der Waals surface area contributed by atoms with Gasteiger partial charge in [0.05, 0.1) is 19.7 Å². The van der Waals surface area contributed by atoms with Crippen molar-refractivity contribution in [2.24, 2.45) is 5.92 Å². The maximum atomic E-state index is 11.9. The average molecular weight is 272 g/mol. The van der Waals surface area contributed by atoms with Crippen LogP contribution >= 0.6 is 0 Å². The molecule has 5 heteroatoms. The summed E-state index contributed by atoms with van der Waals surface area (Å²) < 4.78 is 4.91. The van der Waals surface area contributed by atoms with Crippen molar-refractivity contribution in [1.82, 2.24) is 10.2 Å². The van der Waals surface area contributed by atoms with Gasteiger partial charge in [-0.1, -0.05) is 20.8 Å². The highest BCUT2D eigenvalue weighted by atomic mass is 16.5. The molecule has 0 saturated carbocycles. The van der Waals surface area contributed by atoms with Crippen LogP contribution in [0.5, 0.6) is 0 Å². The topological polar surface area (TPSA) is 58.6 Å². The Morgan fingerprint density at radius 1 is 1.16 bits per heavy atom. The summed E-state index contributed by atoms with van der Waals surface area (Å²) in [6.45, 7) is 11.4. The lowest BCUT2D eigenvalue weighted by molar-refractivity contribution is -0.144. The summed E-state index contributed by atoms with van der Waals surface area (Å²) in [6, 6.07) is 0.138. The molecule has 0 rings (SSSR count). The van der Waals surface area contributed by atoms with Crippen LogP contribution in [0.3, 0.4) is 0 Å². The normalized spacial score (nSPS) is 12.6. The molecule has 19 heavy (non-hydrogen) atoms. The third-order valence-corrected chi connectivity index (χ3v) is 2.95. The zero-order valence-electron chi connectivity index (χ0n) is 12.9. The highest BCUT2D eigenvalue weighted by molar-refractivity contribution is 5.79. The third kappa shape index (κ3) is 8.59. The Balaban J connectivity index is 4.25. The monoisotopic (exact) mass is 272 g/mol. The van der Waals surface area contributed by atoms with Crippen molar-refractivity contribution in [3.63, 3.8) is 0 Å². The summed E-state index contributed by atoms with van der Waals surface area (Å²) in [5.74, 6) is 0.0771. The van der Waals surface area contributed by atoms with Crippen molar-refractivity contribution in [3.8, 4) is 0 Å². The van der Waals surface area contributed by atoms with E-state index in [9.17, 15) is 9.59 Å². The lowest BCUT2D eigenvalue weighted by Crippen LogP contribution is -2.44. The van der Waals surface area contributed by atoms with E-state index in [4.69, 9.17) is 4.74 Å². The number of nitrogens with zero attached hydrogens (tertiary/aromatic N) is 1. The van der Waals surface area contributed by atoms with Crippen molar-refractivity contribution in [2.45, 2.75) is 47.1 Å². The van der Waals surface area contributed by atoms with E-state index in [-0.39, 0.29) is 31.0 Å². The summed E-state index contributed by atoms with van der Waals surface area (Å²) in [4.78, 5) is 25.1. The SMILES string of the molecule is CCCN(CC(=O)NC(C)C(C)C)CC(=O)OCC. The van der Waals surface area contributed by atoms with Crippen molar-refractivity contribution >= 4 is 11.9 Å². The van der Waals surface area contributed by atoms with E-state index >= 15 is 0 Å². The number of ether oxygens (including phenoxy) is 1. The predicted molar refractivity (Wildman–Crippen MR) is 75.8 cm³/mol. The second-order valence-electron chi connectivity index (χ2n) is 5.12. The zero-order chi connectivity index (χ0) is 14.8. The predicted octanol–water partition coefficient (Wildman–Crippen LogP) is 1.42. The molecule has 1 unspecified atom stereocenters. The molecular weight excluding hydrogens is 244 g/mol. The molecule has 0 saturated heterocycles. The fourth-order valence-electron chi connectivity index (χ4n) is 1.59. The zero-order valence-corrected chi connectivity index (χ0v) is 12.9. The largest absolute Gasteiger partial charge is 0.465 e. The Morgan fingerprint density at radius 2 is 1.79 bits per heavy atom. The number of amides is 1. The first-order valence-corrected chi connectivity index (χ1v) is 7.08. The first-order valence-electron chi connectivity index (χ1n) is 7.08. The fraction of sp³-hybridized carbons (Fsp3) is 0.857. The van der Waals surface area contributed by atoms with Gasteiger partial charge in [0.25, 0.3) is 0 Å². The van der Waals surface area contributed by atoms with Gasteiger partial charge in [0.1, 0.15) is 0 Å². The number of nitrogens with one attached hydrogen (secondary N) is 1. The van der Waals surface area contributed by atoms with Crippen LogP contribution in [-0.2, 0) is 14.3 Å². The first-order chi connectivity index (χ1) is 8.90. The molecular formula is C14H28N2O3. The summed E-state index contributed by atoms with van der Waals surface area (Å²) in [6.07, 6.45) is 0.895. The molecule has 1 N–H and O–H groups in total. The molecule has 0 aliphatic carbocycles.